The van der Waals surface area contributed by atoms with E-state index in [-0.39, 0.29) is 30.6 Å². The van der Waals surface area contributed by atoms with E-state index < -0.39 is 0 Å². The number of aliphatic imine (C=N–C) groups is 1. The van der Waals surface area contributed by atoms with Crippen LogP contribution in [0.25, 0.3) is 0 Å². The SMILES string of the molecule is CCNC(=NCCNC(=O)Cc1ccc(F)cc1)N1CCN(c2cnn(C)c2)C(=O)C1. The van der Waals surface area contributed by atoms with Gasteiger partial charge < -0.3 is 20.4 Å². The Labute approximate surface area is 180 Å². The van der Waals surface area contributed by atoms with Gasteiger partial charge in [-0.1, -0.05) is 12.1 Å². The quantitative estimate of drug-likeness (QED) is 0.380. The number of piperazine rings is 1. The van der Waals surface area contributed by atoms with E-state index in [1.165, 1.54) is 12.1 Å². The van der Waals surface area contributed by atoms with Crippen molar-refractivity contribution in [3.63, 3.8) is 0 Å². The van der Waals surface area contributed by atoms with E-state index in [0.717, 1.165) is 11.3 Å². The Balaban J connectivity index is 1.49. The number of hydrogen-bond acceptors (Lipinski definition) is 4. The van der Waals surface area contributed by atoms with Gasteiger partial charge >= 0.3 is 0 Å². The van der Waals surface area contributed by atoms with Crippen molar-refractivity contribution in [2.75, 3.05) is 44.2 Å². The van der Waals surface area contributed by atoms with Gasteiger partial charge in [-0.15, -0.1) is 0 Å². The minimum Gasteiger partial charge on any atom is -0.357 e. The second-order valence-corrected chi connectivity index (χ2v) is 7.23. The van der Waals surface area contributed by atoms with Crippen LogP contribution in [0.4, 0.5) is 10.1 Å². The van der Waals surface area contributed by atoms with Crippen LogP contribution in [0.3, 0.4) is 0 Å². The summed E-state index contributed by atoms with van der Waals surface area (Å²) in [5, 5.41) is 10.1. The first-order chi connectivity index (χ1) is 15.0. The first kappa shape index (κ1) is 22.3. The number of nitrogens with zero attached hydrogens (tertiary/aromatic N) is 5. The van der Waals surface area contributed by atoms with E-state index in [9.17, 15) is 14.0 Å². The Morgan fingerprint density at radius 3 is 2.65 bits per heavy atom. The van der Waals surface area contributed by atoms with Crippen molar-refractivity contribution in [3.05, 3.63) is 48.0 Å². The summed E-state index contributed by atoms with van der Waals surface area (Å²) in [6.45, 7) is 4.80. The molecule has 1 aromatic heterocycles. The third-order valence-corrected chi connectivity index (χ3v) is 4.83. The summed E-state index contributed by atoms with van der Waals surface area (Å²) in [4.78, 5) is 32.9. The average molecular weight is 430 g/mol. The smallest absolute Gasteiger partial charge is 0.246 e. The van der Waals surface area contributed by atoms with E-state index in [2.05, 4.69) is 20.7 Å². The van der Waals surface area contributed by atoms with Crippen LogP contribution in [0.1, 0.15) is 12.5 Å². The standard InChI is InChI=1S/C21H28FN7O2/c1-3-23-21(25-9-8-24-19(30)12-16-4-6-17(22)7-5-16)28-10-11-29(20(31)15-28)18-13-26-27(2)14-18/h4-7,13-14H,3,8-12,15H2,1-2H3,(H,23,25)(H,24,30). The van der Waals surface area contributed by atoms with E-state index in [4.69, 9.17) is 0 Å². The third kappa shape index (κ3) is 6.27. The molecule has 0 atom stereocenters. The summed E-state index contributed by atoms with van der Waals surface area (Å²) < 4.78 is 14.6. The predicted molar refractivity (Wildman–Crippen MR) is 116 cm³/mol. The molecule has 2 amide bonds. The molecule has 1 aliphatic rings. The normalized spacial score (nSPS) is 14.7. The lowest BCUT2D eigenvalue weighted by Gasteiger charge is -2.35. The molecule has 2 aromatic rings. The van der Waals surface area contributed by atoms with Gasteiger partial charge in [0.25, 0.3) is 0 Å². The van der Waals surface area contributed by atoms with Gasteiger partial charge in [0.1, 0.15) is 12.4 Å². The molecule has 0 bridgehead atoms. The summed E-state index contributed by atoms with van der Waals surface area (Å²) in [6.07, 6.45) is 3.69. The van der Waals surface area contributed by atoms with Crippen LogP contribution >= 0.6 is 0 Å². The van der Waals surface area contributed by atoms with Crippen LogP contribution in [-0.2, 0) is 23.1 Å². The number of aromatic nitrogens is 2. The number of aryl methyl sites for hydroxylation is 1. The van der Waals surface area contributed by atoms with E-state index in [0.29, 0.717) is 38.7 Å². The van der Waals surface area contributed by atoms with Crippen molar-refractivity contribution in [1.29, 1.82) is 0 Å². The number of hydrogen-bond donors (Lipinski definition) is 2. The molecule has 0 aliphatic carbocycles. The fourth-order valence-corrected chi connectivity index (χ4v) is 3.31. The molecule has 2 heterocycles. The van der Waals surface area contributed by atoms with Gasteiger partial charge in [0.05, 0.1) is 24.8 Å². The Morgan fingerprint density at radius 1 is 1.23 bits per heavy atom. The zero-order valence-electron chi connectivity index (χ0n) is 17.8. The Bertz CT molecular complexity index is 926. The highest BCUT2D eigenvalue weighted by Crippen LogP contribution is 2.16. The number of carbonyl (C=O) groups excluding carboxylic acids is 2. The molecule has 31 heavy (non-hydrogen) atoms. The zero-order valence-corrected chi connectivity index (χ0v) is 17.8. The molecule has 2 N–H and O–H groups in total. The van der Waals surface area contributed by atoms with Gasteiger partial charge in [-0.2, -0.15) is 5.10 Å². The van der Waals surface area contributed by atoms with Crippen molar-refractivity contribution in [1.82, 2.24) is 25.3 Å². The minimum atomic E-state index is -0.325. The number of halogens is 1. The molecule has 0 radical (unpaired) electrons. The predicted octanol–water partition coefficient (Wildman–Crippen LogP) is 0.532. The maximum Gasteiger partial charge on any atom is 0.246 e. The maximum atomic E-state index is 12.9. The third-order valence-electron chi connectivity index (χ3n) is 4.83. The molecule has 9 nitrogen and oxygen atoms in total. The van der Waals surface area contributed by atoms with E-state index in [1.807, 2.05) is 25.1 Å². The van der Waals surface area contributed by atoms with Gasteiger partial charge in [0, 0.05) is 39.4 Å². The molecule has 3 rings (SSSR count). The van der Waals surface area contributed by atoms with Crippen molar-refractivity contribution in [3.8, 4) is 0 Å². The average Bonchev–Trinajstić information content (AvgIpc) is 3.18. The Hall–Kier alpha value is -3.43. The summed E-state index contributed by atoms with van der Waals surface area (Å²) in [5.41, 5.74) is 1.54. The largest absolute Gasteiger partial charge is 0.357 e. The molecule has 1 saturated heterocycles. The highest BCUT2D eigenvalue weighted by Gasteiger charge is 2.27. The number of amides is 2. The molecule has 0 unspecified atom stereocenters. The molecule has 0 spiro atoms. The van der Waals surface area contributed by atoms with E-state index >= 15 is 0 Å². The molecular weight excluding hydrogens is 401 g/mol. The molecular formula is C21H28FN7O2. The summed E-state index contributed by atoms with van der Waals surface area (Å²) in [6, 6.07) is 5.87. The fourth-order valence-electron chi connectivity index (χ4n) is 3.31. The fraction of sp³-hybridized carbons (Fsp3) is 0.429. The molecule has 10 heteroatoms. The lowest BCUT2D eigenvalue weighted by atomic mass is 10.1. The van der Waals surface area contributed by atoms with Gasteiger partial charge in [0.15, 0.2) is 5.96 Å². The highest BCUT2D eigenvalue weighted by molar-refractivity contribution is 5.98. The van der Waals surface area contributed by atoms with Gasteiger partial charge in [-0.25, -0.2) is 4.39 Å². The monoisotopic (exact) mass is 429 g/mol. The number of benzene rings is 1. The van der Waals surface area contributed by atoms with Gasteiger partial charge in [0.2, 0.25) is 11.8 Å². The van der Waals surface area contributed by atoms with Crippen LogP contribution in [0.5, 0.6) is 0 Å². The van der Waals surface area contributed by atoms with Gasteiger partial charge in [-0.3, -0.25) is 19.3 Å². The highest BCUT2D eigenvalue weighted by atomic mass is 19.1. The number of guanidine groups is 1. The van der Waals surface area contributed by atoms with Crippen molar-refractivity contribution in [2.24, 2.45) is 12.0 Å². The Kier molecular flexibility index (Phi) is 7.58. The molecule has 1 fully saturated rings. The molecule has 1 aromatic carbocycles. The van der Waals surface area contributed by atoms with Gasteiger partial charge in [-0.05, 0) is 24.6 Å². The number of carbonyl (C=O) groups is 2. The van der Waals surface area contributed by atoms with Crippen LogP contribution in [0.15, 0.2) is 41.7 Å². The lowest BCUT2D eigenvalue weighted by molar-refractivity contribution is -0.121. The topological polar surface area (TPSA) is 94.9 Å². The van der Waals surface area contributed by atoms with Crippen LogP contribution < -0.4 is 15.5 Å². The Morgan fingerprint density at radius 2 is 2.00 bits per heavy atom. The maximum absolute atomic E-state index is 12.9. The van der Waals surface area contributed by atoms with Crippen molar-refractivity contribution < 1.29 is 14.0 Å². The number of rotatable bonds is 7. The second kappa shape index (κ2) is 10.6. The molecule has 166 valence electrons. The van der Waals surface area contributed by atoms with Crippen molar-refractivity contribution in [2.45, 2.75) is 13.3 Å². The van der Waals surface area contributed by atoms with Crippen LogP contribution in [-0.4, -0.2) is 71.7 Å². The lowest BCUT2D eigenvalue weighted by Crippen LogP contribution is -2.55. The second-order valence-electron chi connectivity index (χ2n) is 7.23. The minimum absolute atomic E-state index is 0.0162. The first-order valence-corrected chi connectivity index (χ1v) is 10.3. The zero-order chi connectivity index (χ0) is 22.2. The summed E-state index contributed by atoms with van der Waals surface area (Å²) in [7, 11) is 1.82. The molecule has 0 saturated carbocycles. The van der Waals surface area contributed by atoms with E-state index in [1.54, 1.807) is 27.9 Å². The van der Waals surface area contributed by atoms with Crippen molar-refractivity contribution >= 4 is 23.5 Å². The van der Waals surface area contributed by atoms with Crippen LogP contribution in [0, 0.1) is 5.82 Å². The first-order valence-electron chi connectivity index (χ1n) is 10.3. The summed E-state index contributed by atoms with van der Waals surface area (Å²) in [5.74, 6) is 0.160. The van der Waals surface area contributed by atoms with Crippen LogP contribution in [0.2, 0.25) is 0 Å². The summed E-state index contributed by atoms with van der Waals surface area (Å²) >= 11 is 0. The number of anilines is 1. The molecule has 1 aliphatic heterocycles. The number of nitrogens with one attached hydrogen (secondary N) is 2.